The van der Waals surface area contributed by atoms with E-state index >= 15 is 8.78 Å². The molecule has 0 heterocycles. The minimum Gasteiger partial charge on any atom is -0.489 e. The molecular weight excluding hydrogens is 711 g/mol. The molecule has 0 amide bonds. The molecule has 1 fully saturated rings. The second-order valence-corrected chi connectivity index (χ2v) is 13.8. The minimum absolute atomic E-state index is 0.0550. The smallest absolute Gasteiger partial charge is 0.294 e. The number of hydrogen-bond donors (Lipinski definition) is 0. The first-order valence-corrected chi connectivity index (χ1v) is 18.9. The van der Waals surface area contributed by atoms with Crippen molar-refractivity contribution in [3.8, 4) is 11.5 Å². The quantitative estimate of drug-likeness (QED) is 0.0871. The Morgan fingerprint density at radius 1 is 0.393 bits per heavy atom. The predicted octanol–water partition coefficient (Wildman–Crippen LogP) is 10.3. The third-order valence-electron chi connectivity index (χ3n) is 9.82. The van der Waals surface area contributed by atoms with Crippen LogP contribution in [0.3, 0.4) is 0 Å². The van der Waals surface area contributed by atoms with Crippen molar-refractivity contribution in [2.75, 3.05) is 6.61 Å². The van der Waals surface area contributed by atoms with E-state index in [2.05, 4.69) is 0 Å². The zero-order chi connectivity index (χ0) is 38.4. The van der Waals surface area contributed by atoms with Crippen LogP contribution in [0.5, 0.6) is 11.5 Å². The molecule has 56 heavy (non-hydrogen) atoms. The van der Waals surface area contributed by atoms with Gasteiger partial charge in [0.1, 0.15) is 30.3 Å². The van der Waals surface area contributed by atoms with Gasteiger partial charge in [0.15, 0.2) is 6.10 Å². The highest BCUT2D eigenvalue weighted by Gasteiger charge is 2.64. The fourth-order valence-electron chi connectivity index (χ4n) is 6.85. The first-order valence-electron chi connectivity index (χ1n) is 18.9. The summed E-state index contributed by atoms with van der Waals surface area (Å²) >= 11 is 0. The normalized spacial score (nSPS) is 20.3. The van der Waals surface area contributed by atoms with Gasteiger partial charge in [0.25, 0.3) is 5.92 Å². The Hall–Kier alpha value is -5.38. The van der Waals surface area contributed by atoms with Gasteiger partial charge >= 0.3 is 0 Å². The summed E-state index contributed by atoms with van der Waals surface area (Å²) in [6, 6.07) is 54.6. The van der Waals surface area contributed by atoms with Crippen LogP contribution in [-0.4, -0.2) is 36.9 Å². The highest BCUT2D eigenvalue weighted by molar-refractivity contribution is 5.32. The van der Waals surface area contributed by atoms with E-state index in [4.69, 9.17) is 28.4 Å². The Kier molecular flexibility index (Phi) is 13.5. The third kappa shape index (κ3) is 10.5. The Morgan fingerprint density at radius 3 is 1.23 bits per heavy atom. The van der Waals surface area contributed by atoms with E-state index < -0.39 is 36.3 Å². The summed E-state index contributed by atoms with van der Waals surface area (Å²) in [5.41, 5.74) is 4.44. The van der Waals surface area contributed by atoms with Gasteiger partial charge in [-0.2, -0.15) is 0 Å². The summed E-state index contributed by atoms with van der Waals surface area (Å²) in [6.07, 6.45) is -5.15. The van der Waals surface area contributed by atoms with Crippen molar-refractivity contribution < 1.29 is 37.2 Å². The molecule has 6 nitrogen and oxygen atoms in total. The molecule has 6 aromatic rings. The molecule has 7 rings (SSSR count). The van der Waals surface area contributed by atoms with Gasteiger partial charge in [0.05, 0.1) is 45.1 Å². The van der Waals surface area contributed by atoms with Gasteiger partial charge in [-0.25, -0.2) is 8.78 Å². The maximum absolute atomic E-state index is 17.6. The highest BCUT2D eigenvalue weighted by Crippen LogP contribution is 2.46. The molecule has 1 aliphatic carbocycles. The van der Waals surface area contributed by atoms with E-state index in [-0.39, 0.29) is 38.8 Å². The molecule has 0 bridgehead atoms. The van der Waals surface area contributed by atoms with Crippen LogP contribution in [0.25, 0.3) is 0 Å². The molecule has 6 aromatic carbocycles. The van der Waals surface area contributed by atoms with Crippen LogP contribution in [0.4, 0.5) is 8.78 Å². The van der Waals surface area contributed by atoms with Crippen molar-refractivity contribution in [2.45, 2.75) is 63.4 Å². The van der Waals surface area contributed by atoms with E-state index in [1.807, 2.05) is 152 Å². The lowest BCUT2D eigenvalue weighted by molar-refractivity contribution is -0.298. The summed E-state index contributed by atoms with van der Waals surface area (Å²) in [5, 5.41) is 0. The van der Waals surface area contributed by atoms with E-state index in [0.29, 0.717) is 12.4 Å². The van der Waals surface area contributed by atoms with Crippen LogP contribution in [0.15, 0.2) is 176 Å². The predicted molar refractivity (Wildman–Crippen MR) is 211 cm³/mol. The van der Waals surface area contributed by atoms with Crippen LogP contribution >= 0.6 is 0 Å². The zero-order valence-electron chi connectivity index (χ0n) is 31.1. The molecule has 1 saturated carbocycles. The summed E-state index contributed by atoms with van der Waals surface area (Å²) in [6.45, 7) is 0.489. The van der Waals surface area contributed by atoms with E-state index in [0.717, 1.165) is 27.8 Å². The maximum atomic E-state index is 17.6. The van der Waals surface area contributed by atoms with Crippen LogP contribution in [0.1, 0.15) is 27.8 Å². The van der Waals surface area contributed by atoms with Gasteiger partial charge in [0.2, 0.25) is 0 Å². The van der Waals surface area contributed by atoms with Crippen LogP contribution in [0.2, 0.25) is 0 Å². The monoisotopic (exact) mass is 756 g/mol. The number of ether oxygens (including phenoxy) is 6. The minimum atomic E-state index is -3.51. The average Bonchev–Trinajstić information content (AvgIpc) is 3.25. The fourth-order valence-corrected chi connectivity index (χ4v) is 6.85. The Bertz CT molecular complexity index is 2000. The number of rotatable bonds is 18. The SMILES string of the molecule is FC1(F)C(COCc2ccccc2)[C@@H](OCc2ccccc2)[C@H](OCc2ccccc2)[C@@H](OCc2ccccc2)[C@H]1Oc1ccc(OCc2ccccc2)cc1. The topological polar surface area (TPSA) is 55.4 Å². The van der Waals surface area contributed by atoms with Gasteiger partial charge in [-0.05, 0) is 52.1 Å². The van der Waals surface area contributed by atoms with Gasteiger partial charge in [-0.15, -0.1) is 0 Å². The average molecular weight is 757 g/mol. The first-order chi connectivity index (χ1) is 27.5. The molecule has 8 heteroatoms. The highest BCUT2D eigenvalue weighted by atomic mass is 19.3. The second kappa shape index (κ2) is 19.5. The Morgan fingerprint density at radius 2 is 0.768 bits per heavy atom. The van der Waals surface area contributed by atoms with Crippen molar-refractivity contribution in [3.63, 3.8) is 0 Å². The molecule has 0 N–H and O–H groups in total. The second-order valence-electron chi connectivity index (χ2n) is 13.8. The van der Waals surface area contributed by atoms with Gasteiger partial charge in [-0.1, -0.05) is 152 Å². The molecule has 0 saturated heterocycles. The van der Waals surface area contributed by atoms with Crippen LogP contribution in [0, 0.1) is 5.92 Å². The standard InChI is InChI=1S/C48H46F2O6/c49-48(50)43(35-51-30-36-16-6-1-7-17-36)44(53-32-38-20-10-3-11-21-38)45(54-33-39-22-12-4-13-23-39)46(55-34-40-24-14-5-15-25-40)47(48)56-42-28-26-41(27-29-42)52-31-37-18-8-2-9-19-37/h1-29,43-47H,30-35H2/t43?,44-,45+,46-,47-/m1/s1. The number of hydrogen-bond acceptors (Lipinski definition) is 6. The lowest BCUT2D eigenvalue weighted by atomic mass is 9.77. The first kappa shape index (κ1) is 38.9. The lowest BCUT2D eigenvalue weighted by Gasteiger charge is -2.50. The van der Waals surface area contributed by atoms with Gasteiger partial charge in [-0.3, -0.25) is 0 Å². The van der Waals surface area contributed by atoms with Gasteiger partial charge in [0, 0.05) is 0 Å². The van der Waals surface area contributed by atoms with E-state index in [1.165, 1.54) is 0 Å². The maximum Gasteiger partial charge on any atom is 0.294 e. The molecule has 1 unspecified atom stereocenters. The molecule has 0 aliphatic heterocycles. The summed E-state index contributed by atoms with van der Waals surface area (Å²) in [5.74, 6) is -4.15. The summed E-state index contributed by atoms with van der Waals surface area (Å²) in [7, 11) is 0. The number of alkyl halides is 2. The Labute approximate surface area is 327 Å². The van der Waals surface area contributed by atoms with Crippen molar-refractivity contribution in [2.24, 2.45) is 5.92 Å². The number of benzene rings is 6. The Balaban J connectivity index is 1.22. The van der Waals surface area contributed by atoms with Crippen molar-refractivity contribution in [1.29, 1.82) is 0 Å². The number of halogens is 2. The largest absolute Gasteiger partial charge is 0.489 e. The van der Waals surface area contributed by atoms with Gasteiger partial charge < -0.3 is 28.4 Å². The van der Waals surface area contributed by atoms with Crippen molar-refractivity contribution >= 4 is 0 Å². The molecule has 1 aliphatic rings. The zero-order valence-corrected chi connectivity index (χ0v) is 31.1. The van der Waals surface area contributed by atoms with E-state index in [1.54, 1.807) is 24.3 Å². The molecule has 5 atom stereocenters. The summed E-state index contributed by atoms with van der Waals surface area (Å²) < 4.78 is 73.3. The van der Waals surface area contributed by atoms with E-state index in [9.17, 15) is 0 Å². The molecule has 0 radical (unpaired) electrons. The third-order valence-corrected chi connectivity index (χ3v) is 9.82. The molecule has 288 valence electrons. The van der Waals surface area contributed by atoms with Crippen molar-refractivity contribution in [3.05, 3.63) is 204 Å². The summed E-state index contributed by atoms with van der Waals surface area (Å²) in [4.78, 5) is 0. The van der Waals surface area contributed by atoms with Crippen LogP contribution in [-0.2, 0) is 52.0 Å². The van der Waals surface area contributed by atoms with Crippen LogP contribution < -0.4 is 9.47 Å². The molecule has 0 spiro atoms. The van der Waals surface area contributed by atoms with Crippen molar-refractivity contribution in [1.82, 2.24) is 0 Å². The molecular formula is C48H46F2O6. The lowest BCUT2D eigenvalue weighted by Crippen LogP contribution is -2.68. The molecule has 0 aromatic heterocycles. The fraction of sp³-hybridized carbons (Fsp3) is 0.250.